The molecule has 19 heavy (non-hydrogen) atoms. The van der Waals surface area contributed by atoms with Crippen molar-refractivity contribution in [3.8, 4) is 22.6 Å². The summed E-state index contributed by atoms with van der Waals surface area (Å²) in [6, 6.07) is 24.2. The fourth-order valence-electron chi connectivity index (χ4n) is 1.96. The molecule has 0 saturated carbocycles. The molecule has 1 aromatic heterocycles. The van der Waals surface area contributed by atoms with Crippen LogP contribution in [0.15, 0.2) is 81.7 Å². The van der Waals surface area contributed by atoms with Gasteiger partial charge in [-0.15, -0.1) is 0 Å². The zero-order valence-electron chi connectivity index (χ0n) is 10.2. The summed E-state index contributed by atoms with van der Waals surface area (Å²) >= 11 is 3.55. The molecule has 0 saturated heterocycles. The highest BCUT2D eigenvalue weighted by Gasteiger charge is 2.18. The van der Waals surface area contributed by atoms with Gasteiger partial charge in [0.1, 0.15) is 0 Å². The third-order valence-corrected chi connectivity index (χ3v) is 3.33. The van der Waals surface area contributed by atoms with E-state index >= 15 is 0 Å². The van der Waals surface area contributed by atoms with Crippen LogP contribution in [-0.2, 0) is 0 Å². The summed E-state index contributed by atoms with van der Waals surface area (Å²) in [7, 11) is 0. The summed E-state index contributed by atoms with van der Waals surface area (Å²) in [5.74, 6) is 1.71. The summed E-state index contributed by atoms with van der Waals surface area (Å²) in [6.07, 6.45) is 0. The molecule has 0 atom stereocenters. The molecule has 0 unspecified atom stereocenters. The number of hydrogen-bond acceptors (Lipinski definition) is 0. The number of rotatable bonds is 2. The molecule has 2 aromatic carbocycles. The van der Waals surface area contributed by atoms with Crippen LogP contribution in [0, 0.1) is 0 Å². The van der Waals surface area contributed by atoms with E-state index in [2.05, 4.69) is 15.9 Å². The first kappa shape index (κ1) is 12.1. The monoisotopic (exact) mass is 311 g/mol. The van der Waals surface area contributed by atoms with Crippen molar-refractivity contribution in [1.82, 2.24) is 0 Å². The Kier molecular flexibility index (Phi) is 3.43. The third-order valence-electron chi connectivity index (χ3n) is 2.87. The molecule has 0 amide bonds. The van der Waals surface area contributed by atoms with Crippen molar-refractivity contribution in [3.05, 3.63) is 77.3 Å². The first-order valence-electron chi connectivity index (χ1n) is 6.07. The second-order valence-electron chi connectivity index (χ2n) is 4.24. The van der Waals surface area contributed by atoms with Crippen LogP contribution in [0.3, 0.4) is 0 Å². The van der Waals surface area contributed by atoms with Crippen LogP contribution >= 0.6 is 15.9 Å². The fraction of sp³-hybridized carbons (Fsp3) is 0. The lowest BCUT2D eigenvalue weighted by atomic mass is 10.1. The van der Waals surface area contributed by atoms with E-state index in [4.69, 9.17) is 4.42 Å². The molecule has 1 nitrogen and oxygen atoms in total. The van der Waals surface area contributed by atoms with E-state index in [1.165, 1.54) is 0 Å². The molecule has 0 aliphatic carbocycles. The van der Waals surface area contributed by atoms with Crippen LogP contribution in [0.2, 0.25) is 0 Å². The van der Waals surface area contributed by atoms with Crippen molar-refractivity contribution in [1.29, 1.82) is 0 Å². The van der Waals surface area contributed by atoms with Crippen molar-refractivity contribution >= 4 is 15.9 Å². The molecule has 0 aliphatic heterocycles. The molecule has 1 heterocycles. The molecule has 92 valence electrons. The highest BCUT2D eigenvalue weighted by molar-refractivity contribution is 9.10. The van der Waals surface area contributed by atoms with E-state index < -0.39 is 0 Å². The third kappa shape index (κ3) is 2.74. The molecule has 0 fully saturated rings. The number of hydrogen-bond donors (Lipinski definition) is 0. The van der Waals surface area contributed by atoms with E-state index in [-0.39, 0.29) is 0 Å². The van der Waals surface area contributed by atoms with Gasteiger partial charge in [0, 0.05) is 4.47 Å². The Hall–Kier alpha value is -1.93. The molecule has 0 bridgehead atoms. The van der Waals surface area contributed by atoms with Gasteiger partial charge in [-0.3, -0.25) is 0 Å². The van der Waals surface area contributed by atoms with Crippen LogP contribution < -0.4 is 0 Å². The minimum absolute atomic E-state index is 0.855. The van der Waals surface area contributed by atoms with Gasteiger partial charge in [0.05, 0.1) is 23.3 Å². The molecule has 0 N–H and O–H groups in total. The Bertz CT molecular complexity index is 620. The number of benzene rings is 2. The van der Waals surface area contributed by atoms with Gasteiger partial charge in [-0.25, -0.2) is 4.42 Å². The molecular formula is C17H12BrO+. The maximum absolute atomic E-state index is 6.00. The van der Waals surface area contributed by atoms with Crippen LogP contribution in [0.5, 0.6) is 0 Å². The van der Waals surface area contributed by atoms with Gasteiger partial charge in [-0.2, -0.15) is 0 Å². The molecule has 0 spiro atoms. The summed E-state index contributed by atoms with van der Waals surface area (Å²) in [5.41, 5.74) is 2.14. The molecular weight excluding hydrogens is 300 g/mol. The zero-order valence-corrected chi connectivity index (χ0v) is 11.8. The number of halogens is 1. The molecule has 0 aliphatic rings. The normalized spacial score (nSPS) is 10.4. The second-order valence-corrected chi connectivity index (χ2v) is 5.15. The van der Waals surface area contributed by atoms with Gasteiger partial charge in [0.15, 0.2) is 0 Å². The highest BCUT2D eigenvalue weighted by Crippen LogP contribution is 2.30. The first-order chi connectivity index (χ1) is 9.33. The van der Waals surface area contributed by atoms with Gasteiger partial charge >= 0.3 is 11.5 Å². The quantitative estimate of drug-likeness (QED) is 0.556. The smallest absolute Gasteiger partial charge is 0.207 e. The molecule has 3 aromatic rings. The summed E-state index contributed by atoms with van der Waals surface area (Å²) in [4.78, 5) is 0. The standard InChI is InChI=1S/C17H12BrO/c18-15-11-16(13-7-3-1-4-8-13)19-17(12-15)14-9-5-2-6-10-14/h1-12H/q+1. The first-order valence-corrected chi connectivity index (χ1v) is 6.87. The average Bonchev–Trinajstić information content (AvgIpc) is 2.48. The van der Waals surface area contributed by atoms with Crippen molar-refractivity contribution < 1.29 is 4.42 Å². The van der Waals surface area contributed by atoms with Gasteiger partial charge in [-0.05, 0) is 24.3 Å². The molecule has 3 rings (SSSR count). The SMILES string of the molecule is Brc1cc(-c2ccccc2)[o+]c(-c2ccccc2)c1. The van der Waals surface area contributed by atoms with Gasteiger partial charge in [0.25, 0.3) is 0 Å². The van der Waals surface area contributed by atoms with E-state index in [0.29, 0.717) is 0 Å². The highest BCUT2D eigenvalue weighted by atomic mass is 79.9. The Labute approximate surface area is 120 Å². The lowest BCUT2D eigenvalue weighted by Crippen LogP contribution is -1.82. The van der Waals surface area contributed by atoms with Gasteiger partial charge in [0.2, 0.25) is 0 Å². The minimum Gasteiger partial charge on any atom is -0.207 e. The lowest BCUT2D eigenvalue weighted by molar-refractivity contribution is 0.581. The van der Waals surface area contributed by atoms with E-state index in [0.717, 1.165) is 27.1 Å². The minimum atomic E-state index is 0.855. The van der Waals surface area contributed by atoms with Crippen LogP contribution in [0.25, 0.3) is 22.6 Å². The van der Waals surface area contributed by atoms with Crippen molar-refractivity contribution in [2.75, 3.05) is 0 Å². The van der Waals surface area contributed by atoms with Crippen molar-refractivity contribution in [3.63, 3.8) is 0 Å². The largest absolute Gasteiger partial charge is 0.361 e. The Morgan fingerprint density at radius 2 is 1.05 bits per heavy atom. The Morgan fingerprint density at radius 3 is 1.47 bits per heavy atom. The summed E-state index contributed by atoms with van der Waals surface area (Å²) < 4.78 is 7.01. The van der Waals surface area contributed by atoms with Crippen molar-refractivity contribution in [2.24, 2.45) is 0 Å². The van der Waals surface area contributed by atoms with Crippen molar-refractivity contribution in [2.45, 2.75) is 0 Å². The van der Waals surface area contributed by atoms with Crippen LogP contribution in [0.4, 0.5) is 0 Å². The lowest BCUT2D eigenvalue weighted by Gasteiger charge is -1.96. The maximum Gasteiger partial charge on any atom is 0.361 e. The molecule has 0 radical (unpaired) electrons. The van der Waals surface area contributed by atoms with E-state index in [1.807, 2.05) is 72.8 Å². The van der Waals surface area contributed by atoms with Crippen LogP contribution in [-0.4, -0.2) is 0 Å². The van der Waals surface area contributed by atoms with Crippen LogP contribution in [0.1, 0.15) is 0 Å². The molecule has 2 heteroatoms. The van der Waals surface area contributed by atoms with Gasteiger partial charge in [-0.1, -0.05) is 52.3 Å². The second kappa shape index (κ2) is 5.37. The van der Waals surface area contributed by atoms with E-state index in [1.54, 1.807) is 0 Å². The Morgan fingerprint density at radius 1 is 0.632 bits per heavy atom. The average molecular weight is 312 g/mol. The zero-order chi connectivity index (χ0) is 13.1. The maximum atomic E-state index is 6.00. The topological polar surface area (TPSA) is 11.3 Å². The predicted octanol–water partition coefficient (Wildman–Crippen LogP) is 5.66. The Balaban J connectivity index is 2.12. The van der Waals surface area contributed by atoms with E-state index in [9.17, 15) is 0 Å². The van der Waals surface area contributed by atoms with Gasteiger partial charge < -0.3 is 0 Å². The summed E-state index contributed by atoms with van der Waals surface area (Å²) in [5, 5.41) is 0. The summed E-state index contributed by atoms with van der Waals surface area (Å²) in [6.45, 7) is 0. The fourth-order valence-corrected chi connectivity index (χ4v) is 2.37. The predicted molar refractivity (Wildman–Crippen MR) is 81.7 cm³/mol.